The van der Waals surface area contributed by atoms with Crippen molar-refractivity contribution in [2.45, 2.75) is 56.2 Å². The fourth-order valence-electron chi connectivity index (χ4n) is 3.02. The summed E-state index contributed by atoms with van der Waals surface area (Å²) in [4.78, 5) is 33.0. The van der Waals surface area contributed by atoms with Crippen LogP contribution in [-0.2, 0) is 33.6 Å². The molecule has 1 aliphatic rings. The number of fused-ring (bicyclic) bond motifs is 1. The normalized spacial score (nSPS) is 13.8. The molecule has 0 bridgehead atoms. The highest BCUT2D eigenvalue weighted by Crippen LogP contribution is 2.30. The Morgan fingerprint density at radius 3 is 2.93 bits per heavy atom. The summed E-state index contributed by atoms with van der Waals surface area (Å²) in [7, 11) is 0. The predicted octanol–water partition coefficient (Wildman–Crippen LogP) is 3.51. The molecule has 2 aromatic heterocycles. The fourth-order valence-corrected chi connectivity index (χ4v) is 4.63. The monoisotopic (exact) mass is 430 g/mol. The third-order valence-corrected chi connectivity index (χ3v) is 6.37. The maximum absolute atomic E-state index is 12.6. The molecule has 1 N–H and O–H groups in total. The van der Waals surface area contributed by atoms with Gasteiger partial charge < -0.3 is 10.1 Å². The van der Waals surface area contributed by atoms with Gasteiger partial charge in [-0.15, -0.1) is 11.3 Å². The Morgan fingerprint density at radius 2 is 2.17 bits per heavy atom. The van der Waals surface area contributed by atoms with Gasteiger partial charge in [-0.1, -0.05) is 11.8 Å². The quantitative estimate of drug-likeness (QED) is 0.529. The highest BCUT2D eigenvalue weighted by Gasteiger charge is 2.21. The number of thioether (sulfide) groups is 1. The molecule has 2 heterocycles. The second-order valence-electron chi connectivity index (χ2n) is 6.64. The molecule has 0 radical (unpaired) electrons. The summed E-state index contributed by atoms with van der Waals surface area (Å²) in [5.41, 5.74) is 3.26. The summed E-state index contributed by atoms with van der Waals surface area (Å²) in [6, 6.07) is 4.12. The first kappa shape index (κ1) is 21.3. The Bertz CT molecular complexity index is 952. The van der Waals surface area contributed by atoms with Gasteiger partial charge in [-0.3, -0.25) is 9.59 Å². The summed E-state index contributed by atoms with van der Waals surface area (Å²) < 4.78 is 4.90. The van der Waals surface area contributed by atoms with Crippen LogP contribution in [0.1, 0.15) is 49.2 Å². The van der Waals surface area contributed by atoms with Crippen molar-refractivity contribution in [2.24, 2.45) is 0 Å². The first-order valence-electron chi connectivity index (χ1n) is 9.50. The molecule has 1 aliphatic carbocycles. The molecule has 1 atom stereocenters. The van der Waals surface area contributed by atoms with Crippen LogP contribution in [0.3, 0.4) is 0 Å². The molecule has 0 aliphatic heterocycles. The topological polar surface area (TPSA) is 105 Å². The van der Waals surface area contributed by atoms with Gasteiger partial charge in [0.05, 0.1) is 29.5 Å². The van der Waals surface area contributed by atoms with Crippen LogP contribution in [0.5, 0.6) is 0 Å². The van der Waals surface area contributed by atoms with E-state index in [1.54, 1.807) is 19.2 Å². The van der Waals surface area contributed by atoms with Crippen molar-refractivity contribution in [3.05, 3.63) is 34.0 Å². The van der Waals surface area contributed by atoms with Gasteiger partial charge in [-0.2, -0.15) is 5.26 Å². The molecule has 152 valence electrons. The van der Waals surface area contributed by atoms with Crippen molar-refractivity contribution in [1.29, 1.82) is 5.26 Å². The lowest BCUT2D eigenvalue weighted by atomic mass is 9.95. The van der Waals surface area contributed by atoms with Gasteiger partial charge in [-0.25, -0.2) is 9.97 Å². The maximum Gasteiger partial charge on any atom is 0.311 e. The number of carbonyl (C=O) groups is 2. The third kappa shape index (κ3) is 5.55. The lowest BCUT2D eigenvalue weighted by molar-refractivity contribution is -0.142. The van der Waals surface area contributed by atoms with E-state index in [0.717, 1.165) is 36.9 Å². The highest BCUT2D eigenvalue weighted by atomic mass is 32.2. The van der Waals surface area contributed by atoms with E-state index >= 15 is 0 Å². The van der Waals surface area contributed by atoms with Crippen molar-refractivity contribution in [3.8, 4) is 6.07 Å². The number of hydrogen-bond acceptors (Lipinski definition) is 8. The molecule has 0 saturated carbocycles. The zero-order chi connectivity index (χ0) is 20.8. The van der Waals surface area contributed by atoms with Crippen LogP contribution in [0.25, 0.3) is 0 Å². The number of rotatable bonds is 7. The number of ether oxygens (including phenoxy) is 1. The third-order valence-electron chi connectivity index (χ3n) is 4.46. The Balaban J connectivity index is 1.63. The second kappa shape index (κ2) is 9.85. The fraction of sp³-hybridized carbons (Fsp3) is 0.450. The van der Waals surface area contributed by atoms with Crippen molar-refractivity contribution in [3.63, 3.8) is 0 Å². The summed E-state index contributed by atoms with van der Waals surface area (Å²) in [6.45, 7) is 3.84. The molecule has 1 amide bonds. The van der Waals surface area contributed by atoms with E-state index in [4.69, 9.17) is 4.74 Å². The van der Waals surface area contributed by atoms with E-state index in [1.165, 1.54) is 23.1 Å². The Morgan fingerprint density at radius 1 is 1.38 bits per heavy atom. The molecule has 0 saturated heterocycles. The first-order chi connectivity index (χ1) is 14.0. The number of nitriles is 1. The summed E-state index contributed by atoms with van der Waals surface area (Å²) >= 11 is 2.54. The molecule has 1 unspecified atom stereocenters. The Labute approximate surface area is 177 Å². The molecule has 0 fully saturated rings. The lowest BCUT2D eigenvalue weighted by Crippen LogP contribution is -2.23. The van der Waals surface area contributed by atoms with E-state index < -0.39 is 5.25 Å². The number of hydrogen-bond donors (Lipinski definition) is 1. The molecule has 0 aromatic carbocycles. The van der Waals surface area contributed by atoms with Gasteiger partial charge in [0.15, 0.2) is 5.13 Å². The number of pyridine rings is 1. The number of anilines is 1. The minimum atomic E-state index is -0.450. The number of aryl methyl sites for hydroxylation is 2. The molecule has 2 aromatic rings. The van der Waals surface area contributed by atoms with Crippen LogP contribution in [0.2, 0.25) is 0 Å². The number of carbonyl (C=O) groups excluding carboxylic acids is 2. The molecule has 29 heavy (non-hydrogen) atoms. The molecule has 7 nitrogen and oxygen atoms in total. The molecule has 9 heteroatoms. The first-order valence-corrected chi connectivity index (χ1v) is 11.3. The number of aromatic nitrogens is 2. The van der Waals surface area contributed by atoms with E-state index in [-0.39, 0.29) is 18.3 Å². The van der Waals surface area contributed by atoms with Gasteiger partial charge in [0.25, 0.3) is 0 Å². The number of nitrogens with zero attached hydrogens (tertiary/aromatic N) is 3. The minimum Gasteiger partial charge on any atom is -0.466 e. The molecular formula is C20H22N4O3S2. The Hall–Kier alpha value is -2.44. The van der Waals surface area contributed by atoms with Crippen LogP contribution in [0, 0.1) is 11.3 Å². The predicted molar refractivity (Wildman–Crippen MR) is 112 cm³/mol. The Kier molecular flexibility index (Phi) is 7.23. The second-order valence-corrected chi connectivity index (χ2v) is 8.83. The van der Waals surface area contributed by atoms with Crippen LogP contribution in [-0.4, -0.2) is 33.7 Å². The minimum absolute atomic E-state index is 0.0785. The number of esters is 1. The smallest absolute Gasteiger partial charge is 0.311 e. The van der Waals surface area contributed by atoms with E-state index in [9.17, 15) is 14.9 Å². The van der Waals surface area contributed by atoms with Gasteiger partial charge in [0.1, 0.15) is 11.1 Å². The van der Waals surface area contributed by atoms with Gasteiger partial charge >= 0.3 is 5.97 Å². The number of nitrogens with one attached hydrogen (secondary N) is 1. The van der Waals surface area contributed by atoms with Crippen LogP contribution in [0.4, 0.5) is 5.13 Å². The van der Waals surface area contributed by atoms with Crippen molar-refractivity contribution >= 4 is 40.1 Å². The summed E-state index contributed by atoms with van der Waals surface area (Å²) in [6.07, 6.45) is 4.17. The summed E-state index contributed by atoms with van der Waals surface area (Å²) in [5.74, 6) is -0.572. The van der Waals surface area contributed by atoms with Crippen molar-refractivity contribution < 1.29 is 14.3 Å². The average Bonchev–Trinajstić information content (AvgIpc) is 3.14. The standard InChI is InChI=1S/C20H22N4O3S2/c1-3-27-17(25)9-15-11-28-20(22-15)24-18(26)12(2)29-19-14(10-21)8-13-6-4-5-7-16(13)23-19/h8,11-12H,3-7,9H2,1-2H3,(H,22,24,26). The van der Waals surface area contributed by atoms with Gasteiger partial charge in [0.2, 0.25) is 5.91 Å². The molecular weight excluding hydrogens is 408 g/mol. The van der Waals surface area contributed by atoms with Gasteiger partial charge in [0, 0.05) is 11.1 Å². The van der Waals surface area contributed by atoms with E-state index in [1.807, 2.05) is 6.07 Å². The summed E-state index contributed by atoms with van der Waals surface area (Å²) in [5, 5.41) is 14.5. The average molecular weight is 431 g/mol. The SMILES string of the molecule is CCOC(=O)Cc1csc(NC(=O)C(C)Sc2nc3c(cc2C#N)CCCC3)n1. The van der Waals surface area contributed by atoms with Crippen LogP contribution < -0.4 is 5.32 Å². The number of amides is 1. The van der Waals surface area contributed by atoms with Crippen LogP contribution in [0.15, 0.2) is 16.5 Å². The highest BCUT2D eigenvalue weighted by molar-refractivity contribution is 8.00. The zero-order valence-corrected chi connectivity index (χ0v) is 18.0. The van der Waals surface area contributed by atoms with Crippen LogP contribution >= 0.6 is 23.1 Å². The zero-order valence-electron chi connectivity index (χ0n) is 16.4. The van der Waals surface area contributed by atoms with E-state index in [2.05, 4.69) is 21.4 Å². The lowest BCUT2D eigenvalue weighted by Gasteiger charge is -2.17. The van der Waals surface area contributed by atoms with Crippen molar-refractivity contribution in [2.75, 3.05) is 11.9 Å². The largest absolute Gasteiger partial charge is 0.466 e. The number of thiazole rings is 1. The molecule has 0 spiro atoms. The molecule has 3 rings (SSSR count). The van der Waals surface area contributed by atoms with E-state index in [0.29, 0.717) is 28.0 Å². The van der Waals surface area contributed by atoms with Gasteiger partial charge in [-0.05, 0) is 51.2 Å². The maximum atomic E-state index is 12.6. The van der Waals surface area contributed by atoms with Crippen molar-refractivity contribution in [1.82, 2.24) is 9.97 Å².